The molecule has 3 aliphatic rings. The molecule has 0 aromatic carbocycles. The summed E-state index contributed by atoms with van der Waals surface area (Å²) in [5.74, 6) is 2.67. The number of carbonyl (C=O) groups is 1. The first-order valence-electron chi connectivity index (χ1n) is 10.6. The normalized spacial score (nSPS) is 20.1. The maximum Gasteiger partial charge on any atom is 0.242 e. The average molecular weight is 377 g/mol. The maximum absolute atomic E-state index is 12.9. The van der Waals surface area contributed by atoms with E-state index < -0.39 is 0 Å². The maximum atomic E-state index is 12.9. The molecule has 0 radical (unpaired) electrons. The summed E-state index contributed by atoms with van der Waals surface area (Å²) in [6.07, 6.45) is 11.9. The highest BCUT2D eigenvalue weighted by molar-refractivity contribution is 5.83. The number of aryl methyl sites for hydroxylation is 1. The summed E-state index contributed by atoms with van der Waals surface area (Å²) in [4.78, 5) is 31.0. The van der Waals surface area contributed by atoms with Crippen LogP contribution >= 0.6 is 0 Å². The summed E-state index contributed by atoms with van der Waals surface area (Å²) >= 11 is 0. The van der Waals surface area contributed by atoms with Crippen LogP contribution in [-0.2, 0) is 17.6 Å². The third-order valence-electron chi connectivity index (χ3n) is 6.42. The molecule has 0 unspecified atom stereocenters. The molecule has 3 heterocycles. The van der Waals surface area contributed by atoms with Crippen LogP contribution in [0.3, 0.4) is 0 Å². The lowest BCUT2D eigenvalue weighted by molar-refractivity contribution is -0.131. The van der Waals surface area contributed by atoms with Gasteiger partial charge in [0.15, 0.2) is 5.82 Å². The second-order valence-electron chi connectivity index (χ2n) is 8.30. The Bertz CT molecular complexity index is 863. The Morgan fingerprint density at radius 2 is 1.82 bits per heavy atom. The molecule has 0 bridgehead atoms. The van der Waals surface area contributed by atoms with Crippen LogP contribution < -0.4 is 4.90 Å². The van der Waals surface area contributed by atoms with E-state index in [2.05, 4.69) is 14.8 Å². The Morgan fingerprint density at radius 1 is 1.00 bits per heavy atom. The molecule has 0 atom stereocenters. The van der Waals surface area contributed by atoms with Crippen molar-refractivity contribution < 1.29 is 4.79 Å². The molecular weight excluding hydrogens is 350 g/mol. The molecule has 2 aromatic heterocycles. The fourth-order valence-electron chi connectivity index (χ4n) is 4.89. The van der Waals surface area contributed by atoms with E-state index >= 15 is 0 Å². The van der Waals surface area contributed by atoms with Crippen LogP contribution in [-0.4, -0.2) is 51.9 Å². The minimum Gasteiger partial charge on any atom is -0.345 e. The van der Waals surface area contributed by atoms with E-state index in [0.29, 0.717) is 12.5 Å². The molecule has 1 aliphatic heterocycles. The van der Waals surface area contributed by atoms with Gasteiger partial charge < -0.3 is 9.80 Å². The first-order chi connectivity index (χ1) is 13.8. The molecule has 28 heavy (non-hydrogen) atoms. The molecule has 5 rings (SSSR count). The van der Waals surface area contributed by atoms with Crippen LogP contribution in [0.25, 0.3) is 11.4 Å². The van der Waals surface area contributed by atoms with Crippen LogP contribution in [0.1, 0.15) is 43.4 Å². The highest BCUT2D eigenvalue weighted by atomic mass is 16.2. The average Bonchev–Trinajstić information content (AvgIpc) is 3.41. The predicted octanol–water partition coefficient (Wildman–Crippen LogP) is 2.87. The second kappa shape index (κ2) is 7.49. The highest BCUT2D eigenvalue weighted by Crippen LogP contribution is 2.32. The molecule has 1 amide bonds. The smallest absolute Gasteiger partial charge is 0.242 e. The Morgan fingerprint density at radius 3 is 2.61 bits per heavy atom. The fraction of sp³-hybridized carbons (Fsp3) is 0.545. The first-order valence-corrected chi connectivity index (χ1v) is 10.6. The van der Waals surface area contributed by atoms with Crippen molar-refractivity contribution in [3.8, 4) is 11.4 Å². The molecule has 0 N–H and O–H groups in total. The number of nitrogens with zero attached hydrogens (tertiary/aromatic N) is 5. The monoisotopic (exact) mass is 377 g/mol. The van der Waals surface area contributed by atoms with Crippen LogP contribution in [0.4, 0.5) is 5.82 Å². The van der Waals surface area contributed by atoms with Crippen molar-refractivity contribution in [1.82, 2.24) is 19.9 Å². The van der Waals surface area contributed by atoms with Crippen molar-refractivity contribution in [3.05, 3.63) is 35.8 Å². The van der Waals surface area contributed by atoms with E-state index in [1.54, 1.807) is 12.4 Å². The molecule has 6 heteroatoms. The van der Waals surface area contributed by atoms with E-state index in [9.17, 15) is 4.79 Å². The molecule has 2 aliphatic carbocycles. The van der Waals surface area contributed by atoms with Gasteiger partial charge in [-0.25, -0.2) is 9.97 Å². The number of pyridine rings is 1. The van der Waals surface area contributed by atoms with Crippen molar-refractivity contribution in [1.29, 1.82) is 0 Å². The van der Waals surface area contributed by atoms with Crippen LogP contribution in [0.5, 0.6) is 0 Å². The fourth-order valence-corrected chi connectivity index (χ4v) is 4.89. The number of rotatable bonds is 4. The summed E-state index contributed by atoms with van der Waals surface area (Å²) in [7, 11) is 0. The number of fused-ring (bicyclic) bond motifs is 1. The Balaban J connectivity index is 1.39. The van der Waals surface area contributed by atoms with Gasteiger partial charge in [-0.1, -0.05) is 12.8 Å². The van der Waals surface area contributed by atoms with Crippen molar-refractivity contribution in [2.75, 3.05) is 31.1 Å². The van der Waals surface area contributed by atoms with E-state index in [1.807, 2.05) is 12.1 Å². The van der Waals surface area contributed by atoms with Crippen LogP contribution in [0, 0.1) is 5.92 Å². The zero-order valence-corrected chi connectivity index (χ0v) is 16.3. The van der Waals surface area contributed by atoms with E-state index in [-0.39, 0.29) is 5.91 Å². The zero-order valence-electron chi connectivity index (χ0n) is 16.3. The largest absolute Gasteiger partial charge is 0.345 e. The molecule has 6 nitrogen and oxygen atoms in total. The zero-order chi connectivity index (χ0) is 18.9. The Labute approximate surface area is 166 Å². The van der Waals surface area contributed by atoms with E-state index in [1.165, 1.54) is 31.2 Å². The van der Waals surface area contributed by atoms with Crippen molar-refractivity contribution in [2.24, 2.45) is 5.92 Å². The van der Waals surface area contributed by atoms with E-state index in [0.717, 1.165) is 61.8 Å². The van der Waals surface area contributed by atoms with Gasteiger partial charge in [-0.2, -0.15) is 0 Å². The quantitative estimate of drug-likeness (QED) is 0.820. The van der Waals surface area contributed by atoms with Crippen molar-refractivity contribution in [3.63, 3.8) is 0 Å². The third-order valence-corrected chi connectivity index (χ3v) is 6.42. The minimum absolute atomic E-state index is 0.244. The van der Waals surface area contributed by atoms with Crippen LogP contribution in [0.2, 0.25) is 0 Å². The number of hydrogen-bond acceptors (Lipinski definition) is 5. The summed E-state index contributed by atoms with van der Waals surface area (Å²) in [5, 5.41) is 0. The molecule has 1 saturated carbocycles. The number of aromatic nitrogens is 3. The van der Waals surface area contributed by atoms with Gasteiger partial charge in [0.1, 0.15) is 5.82 Å². The van der Waals surface area contributed by atoms with Gasteiger partial charge in [0.05, 0.1) is 6.54 Å². The topological polar surface area (TPSA) is 62.2 Å². The summed E-state index contributed by atoms with van der Waals surface area (Å²) in [6.45, 7) is 3.04. The number of carbonyl (C=O) groups excluding carboxylic acids is 1. The molecule has 146 valence electrons. The van der Waals surface area contributed by atoms with Gasteiger partial charge in [0.25, 0.3) is 0 Å². The molecule has 0 spiro atoms. The van der Waals surface area contributed by atoms with Gasteiger partial charge in [-0.3, -0.25) is 9.78 Å². The third kappa shape index (κ3) is 3.36. The highest BCUT2D eigenvalue weighted by Gasteiger charge is 2.31. The number of hydrogen-bond donors (Lipinski definition) is 0. The Kier molecular flexibility index (Phi) is 4.71. The standard InChI is InChI=1S/C22H27N5O/c28-20-15-27(13-12-26(20)14-16-4-1-2-5-16)22-18-6-3-7-19(18)24-21(25-22)17-8-10-23-11-9-17/h8-11,16H,1-7,12-15H2. The number of piperazine rings is 1. The van der Waals surface area contributed by atoms with Gasteiger partial charge in [0, 0.05) is 48.8 Å². The lowest BCUT2D eigenvalue weighted by Gasteiger charge is -2.37. The molecule has 2 fully saturated rings. The SMILES string of the molecule is O=C1CN(c2nc(-c3ccncc3)nc3c2CCC3)CCN1CC1CCCC1. The van der Waals surface area contributed by atoms with Crippen molar-refractivity contribution in [2.45, 2.75) is 44.9 Å². The second-order valence-corrected chi connectivity index (χ2v) is 8.30. The molecule has 2 aromatic rings. The Hall–Kier alpha value is -2.50. The van der Waals surface area contributed by atoms with Gasteiger partial charge in [0.2, 0.25) is 5.91 Å². The number of amides is 1. The van der Waals surface area contributed by atoms with Gasteiger partial charge in [-0.05, 0) is 50.2 Å². The summed E-state index contributed by atoms with van der Waals surface area (Å²) in [6, 6.07) is 3.90. The minimum atomic E-state index is 0.244. The lowest BCUT2D eigenvalue weighted by atomic mass is 10.1. The molecular formula is C22H27N5O. The van der Waals surface area contributed by atoms with E-state index in [4.69, 9.17) is 9.97 Å². The number of anilines is 1. The summed E-state index contributed by atoms with van der Waals surface area (Å²) < 4.78 is 0. The first kappa shape index (κ1) is 17.6. The van der Waals surface area contributed by atoms with Crippen molar-refractivity contribution >= 4 is 11.7 Å². The lowest BCUT2D eigenvalue weighted by Crippen LogP contribution is -2.52. The van der Waals surface area contributed by atoms with Gasteiger partial charge in [-0.15, -0.1) is 0 Å². The predicted molar refractivity (Wildman–Crippen MR) is 108 cm³/mol. The summed E-state index contributed by atoms with van der Waals surface area (Å²) in [5.41, 5.74) is 3.38. The molecule has 1 saturated heterocycles. The van der Waals surface area contributed by atoms with Crippen LogP contribution in [0.15, 0.2) is 24.5 Å². The van der Waals surface area contributed by atoms with Gasteiger partial charge >= 0.3 is 0 Å².